The van der Waals surface area contributed by atoms with Crippen molar-refractivity contribution in [1.82, 2.24) is 4.90 Å². The molecule has 0 spiro atoms. The molecule has 5 nitrogen and oxygen atoms in total. The van der Waals surface area contributed by atoms with E-state index in [2.05, 4.69) is 0 Å². The van der Waals surface area contributed by atoms with Crippen LogP contribution in [0.15, 0.2) is 10.5 Å². The van der Waals surface area contributed by atoms with E-state index in [-0.39, 0.29) is 18.5 Å². The molecule has 1 heterocycles. The van der Waals surface area contributed by atoms with Crippen molar-refractivity contribution in [2.24, 2.45) is 5.92 Å². The smallest absolute Gasteiger partial charge is 0.308 e. The van der Waals surface area contributed by atoms with Crippen LogP contribution in [-0.2, 0) is 11.2 Å². The number of amides is 1. The molecule has 0 aromatic carbocycles. The van der Waals surface area contributed by atoms with E-state index in [9.17, 15) is 9.59 Å². The average Bonchev–Trinajstić information content (AvgIpc) is 3.17. The van der Waals surface area contributed by atoms with Gasteiger partial charge in [-0.3, -0.25) is 9.59 Å². The number of aryl methyl sites for hydroxylation is 2. The Bertz CT molecular complexity index is 516. The molecule has 1 aromatic rings. The Morgan fingerprint density at radius 2 is 2.15 bits per heavy atom. The summed E-state index contributed by atoms with van der Waals surface area (Å²) < 4.78 is 5.59. The highest BCUT2D eigenvalue weighted by atomic mass is 16.4. The molecule has 1 atom stereocenters. The van der Waals surface area contributed by atoms with E-state index in [4.69, 9.17) is 9.52 Å². The van der Waals surface area contributed by atoms with Crippen LogP contribution < -0.4 is 0 Å². The molecule has 0 unspecified atom stereocenters. The van der Waals surface area contributed by atoms with E-state index in [1.807, 2.05) is 19.9 Å². The lowest BCUT2D eigenvalue weighted by atomic mass is 10.1. The van der Waals surface area contributed by atoms with Gasteiger partial charge in [0.1, 0.15) is 5.76 Å². The second kappa shape index (κ2) is 5.69. The predicted molar refractivity (Wildman–Crippen MR) is 73.7 cm³/mol. The van der Waals surface area contributed by atoms with Gasteiger partial charge in [0.25, 0.3) is 5.91 Å². The molecule has 1 saturated carbocycles. The zero-order valence-electron chi connectivity index (χ0n) is 12.2. The van der Waals surface area contributed by atoms with Crippen molar-refractivity contribution in [3.63, 3.8) is 0 Å². The average molecular weight is 279 g/mol. The maximum atomic E-state index is 12.6. The summed E-state index contributed by atoms with van der Waals surface area (Å²) in [6.45, 7) is 5.68. The third-order valence-electron chi connectivity index (χ3n) is 3.65. The van der Waals surface area contributed by atoms with Gasteiger partial charge in [0.15, 0.2) is 5.76 Å². The zero-order valence-corrected chi connectivity index (χ0v) is 12.2. The molecule has 1 aliphatic rings. The molecule has 2 rings (SSSR count). The van der Waals surface area contributed by atoms with Gasteiger partial charge in [-0.15, -0.1) is 0 Å². The van der Waals surface area contributed by atoms with Gasteiger partial charge in [-0.1, -0.05) is 13.8 Å². The molecule has 0 saturated heterocycles. The first kappa shape index (κ1) is 14.6. The molecular weight excluding hydrogens is 258 g/mol. The Balaban J connectivity index is 2.18. The summed E-state index contributed by atoms with van der Waals surface area (Å²) in [4.78, 5) is 25.2. The van der Waals surface area contributed by atoms with Crippen LogP contribution in [0, 0.1) is 12.8 Å². The van der Waals surface area contributed by atoms with Crippen molar-refractivity contribution in [3.05, 3.63) is 23.2 Å². The fourth-order valence-electron chi connectivity index (χ4n) is 2.22. The number of carboxylic acid groups (broad SMARTS) is 1. The minimum atomic E-state index is -0.881. The van der Waals surface area contributed by atoms with Crippen molar-refractivity contribution in [3.8, 4) is 0 Å². The Morgan fingerprint density at radius 3 is 2.60 bits per heavy atom. The first-order valence-corrected chi connectivity index (χ1v) is 7.07. The molecule has 1 fully saturated rings. The van der Waals surface area contributed by atoms with Crippen LogP contribution in [0.1, 0.15) is 48.6 Å². The van der Waals surface area contributed by atoms with Crippen molar-refractivity contribution in [2.45, 2.75) is 46.1 Å². The number of hydrogen-bond donors (Lipinski definition) is 1. The summed E-state index contributed by atoms with van der Waals surface area (Å²) in [5, 5.41) is 9.02. The number of hydrogen-bond acceptors (Lipinski definition) is 3. The van der Waals surface area contributed by atoms with Crippen LogP contribution in [0.3, 0.4) is 0 Å². The van der Waals surface area contributed by atoms with Crippen molar-refractivity contribution >= 4 is 11.9 Å². The van der Waals surface area contributed by atoms with Gasteiger partial charge in [0.05, 0.1) is 5.92 Å². The van der Waals surface area contributed by atoms with E-state index in [1.165, 1.54) is 0 Å². The van der Waals surface area contributed by atoms with Gasteiger partial charge in [-0.05, 0) is 25.8 Å². The third-order valence-corrected chi connectivity index (χ3v) is 3.65. The lowest BCUT2D eigenvalue weighted by molar-refractivity contribution is -0.141. The summed E-state index contributed by atoms with van der Waals surface area (Å²) in [6, 6.07) is 2.04. The monoisotopic (exact) mass is 279 g/mol. The van der Waals surface area contributed by atoms with Gasteiger partial charge < -0.3 is 14.4 Å². The van der Waals surface area contributed by atoms with Gasteiger partial charge in [-0.25, -0.2) is 0 Å². The number of carbonyl (C=O) groups is 2. The maximum absolute atomic E-state index is 12.6. The molecule has 0 aliphatic heterocycles. The number of furan rings is 1. The normalized spacial score (nSPS) is 15.9. The van der Waals surface area contributed by atoms with Crippen molar-refractivity contribution < 1.29 is 19.1 Å². The quantitative estimate of drug-likeness (QED) is 0.868. The molecule has 1 aliphatic carbocycles. The maximum Gasteiger partial charge on any atom is 0.308 e. The van der Waals surface area contributed by atoms with E-state index < -0.39 is 11.9 Å². The summed E-state index contributed by atoms with van der Waals surface area (Å²) in [5.74, 6) is -0.494. The van der Waals surface area contributed by atoms with E-state index >= 15 is 0 Å². The van der Waals surface area contributed by atoms with Crippen LogP contribution >= 0.6 is 0 Å². The van der Waals surface area contributed by atoms with Crippen molar-refractivity contribution in [1.29, 1.82) is 0 Å². The molecule has 5 heteroatoms. The summed E-state index contributed by atoms with van der Waals surface area (Å²) in [5.41, 5.74) is 0.820. The Morgan fingerprint density at radius 1 is 1.50 bits per heavy atom. The molecule has 0 bridgehead atoms. The molecule has 1 aromatic heterocycles. The zero-order chi connectivity index (χ0) is 14.9. The van der Waals surface area contributed by atoms with Crippen LogP contribution in [0.4, 0.5) is 0 Å². The Kier molecular flexibility index (Phi) is 4.16. The summed E-state index contributed by atoms with van der Waals surface area (Å²) in [7, 11) is 0. The lowest BCUT2D eigenvalue weighted by Crippen LogP contribution is -2.38. The standard InChI is InChI=1S/C15H21NO4/c1-4-12-7-9(2)13(20-12)14(17)16(11-5-6-11)8-10(3)15(18)19/h7,10-11H,4-6,8H2,1-3H3,(H,18,19)/t10-/m0/s1. The van der Waals surface area contributed by atoms with Gasteiger partial charge in [0, 0.05) is 24.6 Å². The number of carbonyl (C=O) groups excluding carboxylic acids is 1. The molecule has 0 radical (unpaired) electrons. The van der Waals surface area contributed by atoms with Gasteiger partial charge in [-0.2, -0.15) is 0 Å². The number of nitrogens with zero attached hydrogens (tertiary/aromatic N) is 1. The molecule has 1 N–H and O–H groups in total. The second-order valence-corrected chi connectivity index (χ2v) is 5.51. The summed E-state index contributed by atoms with van der Waals surface area (Å²) >= 11 is 0. The minimum Gasteiger partial charge on any atom is -0.481 e. The van der Waals surface area contributed by atoms with E-state index in [0.717, 1.165) is 30.6 Å². The van der Waals surface area contributed by atoms with Gasteiger partial charge >= 0.3 is 5.97 Å². The van der Waals surface area contributed by atoms with E-state index in [0.29, 0.717) is 5.76 Å². The molecule has 20 heavy (non-hydrogen) atoms. The topological polar surface area (TPSA) is 70.8 Å². The van der Waals surface area contributed by atoms with Crippen LogP contribution in [0.2, 0.25) is 0 Å². The highest BCUT2D eigenvalue weighted by Gasteiger charge is 2.36. The largest absolute Gasteiger partial charge is 0.481 e. The molecular formula is C15H21NO4. The second-order valence-electron chi connectivity index (χ2n) is 5.51. The Hall–Kier alpha value is -1.78. The number of carboxylic acids is 1. The first-order valence-electron chi connectivity index (χ1n) is 7.07. The molecule has 110 valence electrons. The SMILES string of the molecule is CCc1cc(C)c(C(=O)N(C[C@H](C)C(=O)O)C2CC2)o1. The van der Waals surface area contributed by atoms with E-state index in [1.54, 1.807) is 11.8 Å². The fourth-order valence-corrected chi connectivity index (χ4v) is 2.22. The highest BCUT2D eigenvalue weighted by molar-refractivity contribution is 5.93. The number of rotatable bonds is 6. The minimum absolute atomic E-state index is 0.166. The highest BCUT2D eigenvalue weighted by Crippen LogP contribution is 2.30. The number of aliphatic carboxylic acids is 1. The Labute approximate surface area is 118 Å². The van der Waals surface area contributed by atoms with Gasteiger partial charge in [0.2, 0.25) is 0 Å². The third kappa shape index (κ3) is 3.03. The lowest BCUT2D eigenvalue weighted by Gasteiger charge is -2.23. The summed E-state index contributed by atoms with van der Waals surface area (Å²) in [6.07, 6.45) is 2.63. The van der Waals surface area contributed by atoms with Crippen LogP contribution in [0.25, 0.3) is 0 Å². The fraction of sp³-hybridized carbons (Fsp3) is 0.600. The van der Waals surface area contributed by atoms with Crippen LogP contribution in [0.5, 0.6) is 0 Å². The molecule has 1 amide bonds. The van der Waals surface area contributed by atoms with Crippen molar-refractivity contribution in [2.75, 3.05) is 6.54 Å². The first-order chi connectivity index (χ1) is 9.43. The predicted octanol–water partition coefficient (Wildman–Crippen LogP) is 2.48. The van der Waals surface area contributed by atoms with Crippen LogP contribution in [-0.4, -0.2) is 34.5 Å².